The Labute approximate surface area is 198 Å². The summed E-state index contributed by atoms with van der Waals surface area (Å²) in [6, 6.07) is 16.6. The summed E-state index contributed by atoms with van der Waals surface area (Å²) in [4.78, 5) is 8.38. The summed E-state index contributed by atoms with van der Waals surface area (Å²) >= 11 is 0. The first-order chi connectivity index (χ1) is 16.5. The van der Waals surface area contributed by atoms with Crippen molar-refractivity contribution < 1.29 is 22.6 Å². The first-order valence-electron chi connectivity index (χ1n) is 10.6. The molecule has 0 spiro atoms. The molecular formula is C24H24N4O5S. The molecule has 2 heterocycles. The molecule has 0 aliphatic rings. The Balaban J connectivity index is 1.49. The number of hydrogen-bond acceptors (Lipinski definition) is 7. The smallest absolute Gasteiger partial charge is 0.265 e. The summed E-state index contributed by atoms with van der Waals surface area (Å²) in [6.07, 6.45) is 5.16. The average Bonchev–Trinajstić information content (AvgIpc) is 3.36. The van der Waals surface area contributed by atoms with Crippen molar-refractivity contribution in [1.82, 2.24) is 14.5 Å². The molecule has 4 rings (SSSR count). The van der Waals surface area contributed by atoms with E-state index in [2.05, 4.69) is 14.7 Å². The van der Waals surface area contributed by atoms with Crippen molar-refractivity contribution in [2.75, 3.05) is 17.9 Å². The molecule has 2 aromatic heterocycles. The Morgan fingerprint density at radius 2 is 1.59 bits per heavy atom. The Morgan fingerprint density at radius 1 is 0.882 bits per heavy atom. The van der Waals surface area contributed by atoms with Gasteiger partial charge >= 0.3 is 0 Å². The Hall–Kier alpha value is -4.05. The quantitative estimate of drug-likeness (QED) is 0.352. The Bertz CT molecular complexity index is 1340. The molecule has 0 saturated carbocycles. The van der Waals surface area contributed by atoms with E-state index in [4.69, 9.17) is 14.2 Å². The molecule has 4 aromatic rings. The van der Waals surface area contributed by atoms with E-state index >= 15 is 0 Å². The van der Waals surface area contributed by atoms with Crippen LogP contribution in [0, 0.1) is 0 Å². The molecule has 0 fully saturated rings. The zero-order valence-corrected chi connectivity index (χ0v) is 19.5. The third-order valence-corrected chi connectivity index (χ3v) is 6.06. The van der Waals surface area contributed by atoms with Crippen LogP contribution in [-0.2, 0) is 10.0 Å². The van der Waals surface area contributed by atoms with E-state index in [9.17, 15) is 8.42 Å². The van der Waals surface area contributed by atoms with Crippen LogP contribution in [0.5, 0.6) is 23.1 Å². The van der Waals surface area contributed by atoms with Gasteiger partial charge in [0.2, 0.25) is 5.88 Å². The van der Waals surface area contributed by atoms with Crippen LogP contribution in [0.25, 0.3) is 5.82 Å². The van der Waals surface area contributed by atoms with E-state index in [0.717, 1.165) is 0 Å². The molecular weight excluding hydrogens is 456 g/mol. The van der Waals surface area contributed by atoms with Crippen molar-refractivity contribution in [2.24, 2.45) is 0 Å². The molecule has 9 nitrogen and oxygen atoms in total. The second-order valence-electron chi connectivity index (χ2n) is 7.01. The maximum Gasteiger partial charge on any atom is 0.265 e. The zero-order chi connectivity index (χ0) is 24.0. The van der Waals surface area contributed by atoms with Crippen LogP contribution in [0.15, 0.2) is 84.3 Å². The molecule has 176 valence electrons. The van der Waals surface area contributed by atoms with Crippen molar-refractivity contribution in [3.05, 3.63) is 79.4 Å². The second-order valence-corrected chi connectivity index (χ2v) is 8.66. The summed E-state index contributed by atoms with van der Waals surface area (Å²) < 4.78 is 47.2. The summed E-state index contributed by atoms with van der Waals surface area (Å²) in [6.45, 7) is 4.42. The molecule has 0 atom stereocenters. The first-order valence-corrected chi connectivity index (χ1v) is 12.1. The number of sulfonamides is 1. The largest absolute Gasteiger partial charge is 0.494 e. The van der Waals surface area contributed by atoms with Gasteiger partial charge in [0.1, 0.15) is 34.3 Å². The van der Waals surface area contributed by atoms with Gasteiger partial charge in [-0.1, -0.05) is 0 Å². The highest BCUT2D eigenvalue weighted by Gasteiger charge is 2.21. The van der Waals surface area contributed by atoms with Crippen molar-refractivity contribution in [3.63, 3.8) is 0 Å². The lowest BCUT2D eigenvalue weighted by Gasteiger charge is -2.14. The summed E-state index contributed by atoms with van der Waals surface area (Å²) in [7, 11) is -3.90. The number of hydrogen-bond donors (Lipinski definition) is 1. The fraction of sp³-hybridized carbons (Fsp3) is 0.167. The monoisotopic (exact) mass is 480 g/mol. The van der Waals surface area contributed by atoms with Gasteiger partial charge in [-0.25, -0.2) is 18.4 Å². The maximum absolute atomic E-state index is 13.0. The molecule has 0 amide bonds. The number of aromatic nitrogens is 3. The molecule has 0 radical (unpaired) electrons. The number of benzene rings is 2. The second kappa shape index (κ2) is 10.3. The lowest BCUT2D eigenvalue weighted by Crippen LogP contribution is -2.14. The van der Waals surface area contributed by atoms with Crippen LogP contribution in [0.1, 0.15) is 13.8 Å². The van der Waals surface area contributed by atoms with Gasteiger partial charge in [0.25, 0.3) is 10.0 Å². The third-order valence-electron chi connectivity index (χ3n) is 4.64. The number of rotatable bonds is 10. The fourth-order valence-electron chi connectivity index (χ4n) is 3.17. The first kappa shape index (κ1) is 23.1. The fourth-order valence-corrected chi connectivity index (χ4v) is 4.36. The van der Waals surface area contributed by atoms with Crippen LogP contribution < -0.4 is 18.9 Å². The van der Waals surface area contributed by atoms with Gasteiger partial charge in [-0.05, 0) is 62.4 Å². The predicted octanol–water partition coefficient (Wildman–Crippen LogP) is 4.66. The minimum absolute atomic E-state index is 0.0247. The normalized spacial score (nSPS) is 11.1. The summed E-state index contributed by atoms with van der Waals surface area (Å²) in [5, 5.41) is 0. The topological polar surface area (TPSA) is 105 Å². The van der Waals surface area contributed by atoms with Crippen LogP contribution in [-0.4, -0.2) is 36.2 Å². The van der Waals surface area contributed by atoms with Gasteiger partial charge in [-0.3, -0.25) is 4.72 Å². The number of nitrogens with zero attached hydrogens (tertiary/aromatic N) is 3. The molecule has 0 aliphatic carbocycles. The number of ether oxygens (including phenoxy) is 3. The average molecular weight is 481 g/mol. The summed E-state index contributed by atoms with van der Waals surface area (Å²) in [5.74, 6) is 2.29. The van der Waals surface area contributed by atoms with Gasteiger partial charge in [0.05, 0.1) is 13.2 Å². The van der Waals surface area contributed by atoms with Crippen LogP contribution in [0.3, 0.4) is 0 Å². The van der Waals surface area contributed by atoms with Gasteiger partial charge in [-0.15, -0.1) is 0 Å². The standard InChI is InChI=1S/C24H24N4O5S/c1-3-31-20-11-12-22(21(15-20)32-4-2)34(29,30)27-18-7-9-19(10-8-18)33-24-16-23(25-17-26-24)28-13-5-6-14-28/h5-17,27H,3-4H2,1-2H3. The minimum atomic E-state index is -3.90. The van der Waals surface area contributed by atoms with E-state index in [1.165, 1.54) is 12.4 Å². The lowest BCUT2D eigenvalue weighted by molar-refractivity contribution is 0.317. The lowest BCUT2D eigenvalue weighted by atomic mass is 10.3. The maximum atomic E-state index is 13.0. The van der Waals surface area contributed by atoms with Crippen molar-refractivity contribution in [1.29, 1.82) is 0 Å². The van der Waals surface area contributed by atoms with Gasteiger partial charge in [0.15, 0.2) is 0 Å². The predicted molar refractivity (Wildman–Crippen MR) is 127 cm³/mol. The van der Waals surface area contributed by atoms with Gasteiger partial charge in [0, 0.05) is 30.2 Å². The van der Waals surface area contributed by atoms with E-state index in [1.807, 2.05) is 36.0 Å². The third kappa shape index (κ3) is 5.46. The molecule has 0 saturated heterocycles. The molecule has 0 bridgehead atoms. The SMILES string of the molecule is CCOc1ccc(S(=O)(=O)Nc2ccc(Oc3cc(-n4cccc4)ncn3)cc2)c(OCC)c1. The van der Waals surface area contributed by atoms with Gasteiger partial charge < -0.3 is 18.8 Å². The van der Waals surface area contributed by atoms with Gasteiger partial charge in [-0.2, -0.15) is 0 Å². The molecule has 10 heteroatoms. The van der Waals surface area contributed by atoms with Crippen molar-refractivity contribution in [3.8, 4) is 28.9 Å². The highest BCUT2D eigenvalue weighted by molar-refractivity contribution is 7.92. The van der Waals surface area contributed by atoms with Crippen LogP contribution >= 0.6 is 0 Å². The van der Waals surface area contributed by atoms with E-state index < -0.39 is 10.0 Å². The Kier molecular flexibility index (Phi) is 6.98. The molecule has 34 heavy (non-hydrogen) atoms. The van der Waals surface area contributed by atoms with Crippen LogP contribution in [0.4, 0.5) is 5.69 Å². The molecule has 2 aromatic carbocycles. The number of anilines is 1. The molecule has 1 N–H and O–H groups in total. The van der Waals surface area contributed by atoms with E-state index in [1.54, 1.807) is 49.4 Å². The zero-order valence-electron chi connectivity index (χ0n) is 18.7. The molecule has 0 aliphatic heterocycles. The highest BCUT2D eigenvalue weighted by atomic mass is 32.2. The molecule has 0 unspecified atom stereocenters. The number of nitrogens with one attached hydrogen (secondary N) is 1. The van der Waals surface area contributed by atoms with E-state index in [0.29, 0.717) is 42.1 Å². The van der Waals surface area contributed by atoms with Crippen LogP contribution in [0.2, 0.25) is 0 Å². The highest BCUT2D eigenvalue weighted by Crippen LogP contribution is 2.31. The van der Waals surface area contributed by atoms with Crippen molar-refractivity contribution >= 4 is 15.7 Å². The van der Waals surface area contributed by atoms with E-state index in [-0.39, 0.29) is 10.6 Å². The Morgan fingerprint density at radius 3 is 2.29 bits per heavy atom. The summed E-state index contributed by atoms with van der Waals surface area (Å²) in [5.41, 5.74) is 0.374. The van der Waals surface area contributed by atoms with Crippen molar-refractivity contribution in [2.45, 2.75) is 18.7 Å². The minimum Gasteiger partial charge on any atom is -0.494 e.